The van der Waals surface area contributed by atoms with Gasteiger partial charge < -0.3 is 9.84 Å². The third-order valence-electron chi connectivity index (χ3n) is 2.53. The molecule has 0 aliphatic rings. The van der Waals surface area contributed by atoms with E-state index in [0.29, 0.717) is 29.7 Å². The lowest BCUT2D eigenvalue weighted by molar-refractivity contribution is 0.374. The number of hydrogen-bond donors (Lipinski definition) is 1. The first kappa shape index (κ1) is 14.1. The van der Waals surface area contributed by atoms with Crippen LogP contribution in [-0.4, -0.2) is 22.7 Å². The van der Waals surface area contributed by atoms with E-state index in [9.17, 15) is 4.39 Å². The van der Waals surface area contributed by atoms with E-state index < -0.39 is 0 Å². The lowest BCUT2D eigenvalue weighted by Crippen LogP contribution is -2.25. The van der Waals surface area contributed by atoms with Crippen LogP contribution in [0.15, 0.2) is 27.2 Å². The van der Waals surface area contributed by atoms with Gasteiger partial charge in [-0.2, -0.15) is 4.98 Å². The Morgan fingerprint density at radius 2 is 2.21 bits per heavy atom. The van der Waals surface area contributed by atoms with Crippen molar-refractivity contribution in [1.29, 1.82) is 0 Å². The van der Waals surface area contributed by atoms with Gasteiger partial charge in [-0.1, -0.05) is 34.9 Å². The van der Waals surface area contributed by atoms with E-state index in [1.807, 2.05) is 0 Å². The zero-order valence-corrected chi connectivity index (χ0v) is 12.4. The Hall–Kier alpha value is -1.27. The summed E-state index contributed by atoms with van der Waals surface area (Å²) >= 11 is 3.35. The minimum atomic E-state index is -0.328. The summed E-state index contributed by atoms with van der Waals surface area (Å²) in [6.45, 7) is 4.91. The highest BCUT2D eigenvalue weighted by Gasteiger charge is 2.12. The molecule has 0 atom stereocenters. The van der Waals surface area contributed by atoms with Crippen molar-refractivity contribution >= 4 is 15.9 Å². The highest BCUT2D eigenvalue weighted by Crippen LogP contribution is 2.26. The van der Waals surface area contributed by atoms with Crippen molar-refractivity contribution in [2.45, 2.75) is 26.3 Å². The first-order valence-corrected chi connectivity index (χ1v) is 6.87. The summed E-state index contributed by atoms with van der Waals surface area (Å²) in [5, 5.41) is 7.14. The topological polar surface area (TPSA) is 51.0 Å². The molecule has 0 aliphatic carbocycles. The Balaban J connectivity index is 2.10. The average Bonchev–Trinajstić information content (AvgIpc) is 2.80. The number of hydrogen-bond acceptors (Lipinski definition) is 4. The number of rotatable bonds is 5. The molecule has 1 N–H and O–H groups in total. The summed E-state index contributed by atoms with van der Waals surface area (Å²) in [7, 11) is 0. The third-order valence-corrected chi connectivity index (χ3v) is 3.22. The SMILES string of the molecule is CC(C)NCCc1nc(-c2cc(F)ccc2Br)no1. The molecule has 0 saturated heterocycles. The summed E-state index contributed by atoms with van der Waals surface area (Å²) in [6.07, 6.45) is 0.651. The van der Waals surface area contributed by atoms with Gasteiger partial charge in [0.2, 0.25) is 11.7 Å². The molecular formula is C13H15BrFN3O. The van der Waals surface area contributed by atoms with Crippen LogP contribution in [0.3, 0.4) is 0 Å². The van der Waals surface area contributed by atoms with E-state index in [4.69, 9.17) is 4.52 Å². The van der Waals surface area contributed by atoms with Crippen molar-refractivity contribution in [3.8, 4) is 11.4 Å². The molecule has 2 aromatic rings. The third kappa shape index (κ3) is 3.84. The van der Waals surface area contributed by atoms with E-state index in [0.717, 1.165) is 11.0 Å². The summed E-state index contributed by atoms with van der Waals surface area (Å²) < 4.78 is 19.1. The van der Waals surface area contributed by atoms with Crippen LogP contribution in [0.25, 0.3) is 11.4 Å². The molecule has 1 aromatic heterocycles. The number of benzene rings is 1. The molecule has 0 unspecified atom stereocenters. The molecule has 0 spiro atoms. The van der Waals surface area contributed by atoms with Crippen molar-refractivity contribution < 1.29 is 8.91 Å². The quantitative estimate of drug-likeness (QED) is 0.916. The van der Waals surface area contributed by atoms with E-state index in [2.05, 4.69) is 45.2 Å². The zero-order chi connectivity index (χ0) is 13.8. The van der Waals surface area contributed by atoms with Crippen molar-refractivity contribution in [3.05, 3.63) is 34.4 Å². The van der Waals surface area contributed by atoms with Gasteiger partial charge in [0.05, 0.1) is 0 Å². The molecule has 0 fully saturated rings. The number of nitrogens with zero attached hydrogens (tertiary/aromatic N) is 2. The zero-order valence-electron chi connectivity index (χ0n) is 10.8. The van der Waals surface area contributed by atoms with E-state index in [-0.39, 0.29) is 5.82 Å². The summed E-state index contributed by atoms with van der Waals surface area (Å²) in [5.74, 6) is 0.608. The highest BCUT2D eigenvalue weighted by atomic mass is 79.9. The average molecular weight is 328 g/mol. The van der Waals surface area contributed by atoms with Crippen LogP contribution < -0.4 is 5.32 Å². The standard InChI is InChI=1S/C13H15BrFN3O/c1-8(2)16-6-5-12-17-13(18-19-12)10-7-9(15)3-4-11(10)14/h3-4,7-8,16H,5-6H2,1-2H3. The highest BCUT2D eigenvalue weighted by molar-refractivity contribution is 9.10. The maximum atomic E-state index is 13.2. The smallest absolute Gasteiger partial charge is 0.228 e. The molecule has 0 amide bonds. The molecule has 4 nitrogen and oxygen atoms in total. The van der Waals surface area contributed by atoms with Crippen molar-refractivity contribution in [3.63, 3.8) is 0 Å². The minimum Gasteiger partial charge on any atom is -0.339 e. The Morgan fingerprint density at radius 3 is 2.95 bits per heavy atom. The van der Waals surface area contributed by atoms with Crippen LogP contribution in [0, 0.1) is 5.82 Å². The first-order chi connectivity index (χ1) is 9.06. The van der Waals surface area contributed by atoms with Crippen LogP contribution >= 0.6 is 15.9 Å². The molecule has 1 heterocycles. The minimum absolute atomic E-state index is 0.328. The number of halogens is 2. The van der Waals surface area contributed by atoms with Gasteiger partial charge in [0.15, 0.2) is 0 Å². The van der Waals surface area contributed by atoms with Crippen LogP contribution in [0.5, 0.6) is 0 Å². The fraction of sp³-hybridized carbons (Fsp3) is 0.385. The molecule has 19 heavy (non-hydrogen) atoms. The van der Waals surface area contributed by atoms with Gasteiger partial charge in [-0.3, -0.25) is 0 Å². The molecular weight excluding hydrogens is 313 g/mol. The van der Waals surface area contributed by atoms with Gasteiger partial charge in [0, 0.05) is 29.0 Å². The van der Waals surface area contributed by atoms with Gasteiger partial charge in [0.25, 0.3) is 0 Å². The van der Waals surface area contributed by atoms with Gasteiger partial charge in [-0.05, 0) is 18.2 Å². The Bertz CT molecular complexity index is 557. The predicted octanol–water partition coefficient (Wildman–Crippen LogP) is 3.18. The molecule has 0 radical (unpaired) electrons. The molecule has 0 aliphatic heterocycles. The van der Waals surface area contributed by atoms with Crippen LogP contribution in [-0.2, 0) is 6.42 Å². The van der Waals surface area contributed by atoms with Crippen LogP contribution in [0.2, 0.25) is 0 Å². The molecule has 6 heteroatoms. The molecule has 102 valence electrons. The van der Waals surface area contributed by atoms with Crippen molar-refractivity contribution in [2.75, 3.05) is 6.54 Å². The van der Waals surface area contributed by atoms with E-state index in [1.54, 1.807) is 6.07 Å². The first-order valence-electron chi connectivity index (χ1n) is 6.07. The normalized spacial score (nSPS) is 11.2. The lowest BCUT2D eigenvalue weighted by Gasteiger charge is -2.04. The number of aromatic nitrogens is 2. The Labute approximate surface area is 119 Å². The van der Waals surface area contributed by atoms with Gasteiger partial charge in [0.1, 0.15) is 5.82 Å². The summed E-state index contributed by atoms with van der Waals surface area (Å²) in [6, 6.07) is 4.80. The second-order valence-corrected chi connectivity index (χ2v) is 5.35. The van der Waals surface area contributed by atoms with Gasteiger partial charge >= 0.3 is 0 Å². The van der Waals surface area contributed by atoms with Crippen LogP contribution in [0.4, 0.5) is 4.39 Å². The largest absolute Gasteiger partial charge is 0.339 e. The monoisotopic (exact) mass is 327 g/mol. The van der Waals surface area contributed by atoms with Gasteiger partial charge in [-0.25, -0.2) is 4.39 Å². The fourth-order valence-corrected chi connectivity index (χ4v) is 2.03. The Morgan fingerprint density at radius 1 is 1.42 bits per heavy atom. The lowest BCUT2D eigenvalue weighted by atomic mass is 10.2. The molecule has 0 bridgehead atoms. The molecule has 2 rings (SSSR count). The Kier molecular flexibility index (Phi) is 4.66. The van der Waals surface area contributed by atoms with E-state index in [1.165, 1.54) is 12.1 Å². The van der Waals surface area contributed by atoms with Crippen molar-refractivity contribution in [1.82, 2.24) is 15.5 Å². The van der Waals surface area contributed by atoms with Gasteiger partial charge in [-0.15, -0.1) is 0 Å². The predicted molar refractivity (Wildman–Crippen MR) is 74.2 cm³/mol. The summed E-state index contributed by atoms with van der Waals surface area (Å²) in [5.41, 5.74) is 0.590. The molecule has 1 aromatic carbocycles. The fourth-order valence-electron chi connectivity index (χ4n) is 1.60. The summed E-state index contributed by atoms with van der Waals surface area (Å²) in [4.78, 5) is 4.26. The molecule has 0 saturated carbocycles. The maximum absolute atomic E-state index is 13.2. The number of nitrogens with one attached hydrogen (secondary N) is 1. The van der Waals surface area contributed by atoms with Crippen LogP contribution in [0.1, 0.15) is 19.7 Å². The second kappa shape index (κ2) is 6.25. The maximum Gasteiger partial charge on any atom is 0.228 e. The second-order valence-electron chi connectivity index (χ2n) is 4.49. The van der Waals surface area contributed by atoms with Crippen molar-refractivity contribution in [2.24, 2.45) is 0 Å². The van der Waals surface area contributed by atoms with E-state index >= 15 is 0 Å².